The van der Waals surface area contributed by atoms with E-state index in [0.717, 1.165) is 11.1 Å². The van der Waals surface area contributed by atoms with Crippen molar-refractivity contribution in [2.45, 2.75) is 27.2 Å². The Bertz CT molecular complexity index is 560. The molecule has 0 aliphatic carbocycles. The number of amides is 1. The van der Waals surface area contributed by atoms with Crippen molar-refractivity contribution in [1.82, 2.24) is 0 Å². The van der Waals surface area contributed by atoms with Crippen molar-refractivity contribution >= 4 is 23.2 Å². The Balaban J connectivity index is 2.46. The third-order valence-corrected chi connectivity index (χ3v) is 3.34. The Morgan fingerprint density at radius 1 is 1.22 bits per heavy atom. The third-order valence-electron chi connectivity index (χ3n) is 3.34. The minimum absolute atomic E-state index is 0.00834. The number of carbonyl (C=O) groups is 3. The average molecular weight is 245 g/mol. The summed E-state index contributed by atoms with van der Waals surface area (Å²) in [5.74, 6) is -0.995. The first-order valence-electron chi connectivity index (χ1n) is 5.89. The van der Waals surface area contributed by atoms with Gasteiger partial charge in [0.05, 0.1) is 11.3 Å². The number of hydrogen-bond donors (Lipinski definition) is 0. The Morgan fingerprint density at radius 3 is 2.50 bits per heavy atom. The van der Waals surface area contributed by atoms with Crippen LogP contribution in [0.15, 0.2) is 12.1 Å². The number of hydrogen-bond acceptors (Lipinski definition) is 3. The summed E-state index contributed by atoms with van der Waals surface area (Å²) in [5, 5.41) is 0. The standard InChI is InChI=1S/C14H15NO3/c1-8-4-5-11-12(10(8)3)15(7-6-9(2)16)14(18)13(11)17/h4-5H,6-7H2,1-3H3. The van der Waals surface area contributed by atoms with Crippen LogP contribution in [0.3, 0.4) is 0 Å². The van der Waals surface area contributed by atoms with E-state index in [-0.39, 0.29) is 18.7 Å². The predicted octanol–water partition coefficient (Wildman–Crippen LogP) is 1.81. The molecule has 0 fully saturated rings. The number of Topliss-reactive ketones (excluding diaryl/α,β-unsaturated/α-hetero) is 2. The van der Waals surface area contributed by atoms with E-state index in [1.807, 2.05) is 19.9 Å². The summed E-state index contributed by atoms with van der Waals surface area (Å²) >= 11 is 0. The molecule has 0 N–H and O–H groups in total. The summed E-state index contributed by atoms with van der Waals surface area (Å²) in [6.07, 6.45) is 0.270. The molecule has 0 saturated heterocycles. The maximum Gasteiger partial charge on any atom is 0.299 e. The fraction of sp³-hybridized carbons (Fsp3) is 0.357. The molecule has 1 aliphatic rings. The van der Waals surface area contributed by atoms with Gasteiger partial charge in [-0.05, 0) is 38.0 Å². The Labute approximate surface area is 106 Å². The number of rotatable bonds is 3. The number of carbonyl (C=O) groups excluding carboxylic acids is 3. The largest absolute Gasteiger partial charge is 0.304 e. The van der Waals surface area contributed by atoms with E-state index in [1.165, 1.54) is 11.8 Å². The molecule has 0 saturated carbocycles. The van der Waals surface area contributed by atoms with Crippen LogP contribution in [-0.4, -0.2) is 24.0 Å². The molecule has 1 aliphatic heterocycles. The van der Waals surface area contributed by atoms with E-state index >= 15 is 0 Å². The molecule has 0 spiro atoms. The zero-order valence-corrected chi connectivity index (χ0v) is 10.7. The summed E-state index contributed by atoms with van der Waals surface area (Å²) in [6, 6.07) is 3.53. The summed E-state index contributed by atoms with van der Waals surface area (Å²) in [5.41, 5.74) is 3.08. The zero-order valence-electron chi connectivity index (χ0n) is 10.7. The molecule has 94 valence electrons. The maximum absolute atomic E-state index is 11.9. The van der Waals surface area contributed by atoms with Gasteiger partial charge in [0.1, 0.15) is 5.78 Å². The molecule has 1 aromatic carbocycles. The molecule has 0 radical (unpaired) electrons. The summed E-state index contributed by atoms with van der Waals surface area (Å²) in [7, 11) is 0. The fourth-order valence-corrected chi connectivity index (χ4v) is 2.15. The SMILES string of the molecule is CC(=O)CCN1C(=O)C(=O)c2ccc(C)c(C)c21. The van der Waals surface area contributed by atoms with Crippen molar-refractivity contribution in [1.29, 1.82) is 0 Å². The Kier molecular flexibility index (Phi) is 3.03. The highest BCUT2D eigenvalue weighted by Crippen LogP contribution is 2.34. The van der Waals surface area contributed by atoms with Gasteiger partial charge in [0, 0.05) is 13.0 Å². The average Bonchev–Trinajstić information content (AvgIpc) is 2.55. The first-order chi connectivity index (χ1) is 8.43. The van der Waals surface area contributed by atoms with Crippen LogP contribution in [0.1, 0.15) is 34.8 Å². The monoisotopic (exact) mass is 245 g/mol. The molecule has 1 aromatic rings. The smallest absolute Gasteiger partial charge is 0.299 e. The predicted molar refractivity (Wildman–Crippen MR) is 67.9 cm³/mol. The van der Waals surface area contributed by atoms with E-state index < -0.39 is 11.7 Å². The molecule has 4 heteroatoms. The lowest BCUT2D eigenvalue weighted by Crippen LogP contribution is -2.31. The van der Waals surface area contributed by atoms with Gasteiger partial charge in [-0.2, -0.15) is 0 Å². The van der Waals surface area contributed by atoms with Gasteiger partial charge in [-0.25, -0.2) is 0 Å². The normalized spacial score (nSPS) is 14.1. The first kappa shape index (κ1) is 12.5. The topological polar surface area (TPSA) is 54.5 Å². The molecular weight excluding hydrogens is 230 g/mol. The van der Waals surface area contributed by atoms with Gasteiger partial charge in [0.25, 0.3) is 11.7 Å². The molecule has 0 unspecified atom stereocenters. The van der Waals surface area contributed by atoms with Crippen LogP contribution in [0.25, 0.3) is 0 Å². The molecule has 1 amide bonds. The molecule has 0 bridgehead atoms. The second kappa shape index (κ2) is 4.37. The van der Waals surface area contributed by atoms with Crippen molar-refractivity contribution < 1.29 is 14.4 Å². The minimum Gasteiger partial charge on any atom is -0.304 e. The lowest BCUT2D eigenvalue weighted by molar-refractivity contribution is -0.117. The summed E-state index contributed by atoms with van der Waals surface area (Å²) < 4.78 is 0. The second-order valence-electron chi connectivity index (χ2n) is 4.64. The van der Waals surface area contributed by atoms with Crippen LogP contribution in [0.5, 0.6) is 0 Å². The second-order valence-corrected chi connectivity index (χ2v) is 4.64. The highest BCUT2D eigenvalue weighted by Gasteiger charge is 2.36. The Hall–Kier alpha value is -1.97. The van der Waals surface area contributed by atoms with Crippen molar-refractivity contribution in [3.8, 4) is 0 Å². The minimum atomic E-state index is -0.528. The number of benzene rings is 1. The number of aryl methyl sites for hydroxylation is 1. The lowest BCUT2D eigenvalue weighted by Gasteiger charge is -2.18. The Morgan fingerprint density at radius 2 is 1.89 bits per heavy atom. The van der Waals surface area contributed by atoms with E-state index in [4.69, 9.17) is 0 Å². The number of nitrogens with zero attached hydrogens (tertiary/aromatic N) is 1. The molecule has 0 atom stereocenters. The van der Waals surface area contributed by atoms with Crippen LogP contribution < -0.4 is 4.90 Å². The quantitative estimate of drug-likeness (QED) is 0.763. The number of ketones is 2. The number of anilines is 1. The van der Waals surface area contributed by atoms with Gasteiger partial charge in [-0.3, -0.25) is 14.4 Å². The first-order valence-corrected chi connectivity index (χ1v) is 5.89. The fourth-order valence-electron chi connectivity index (χ4n) is 2.15. The molecule has 18 heavy (non-hydrogen) atoms. The van der Waals surface area contributed by atoms with Gasteiger partial charge in [-0.15, -0.1) is 0 Å². The van der Waals surface area contributed by atoms with E-state index in [0.29, 0.717) is 11.3 Å². The molecule has 2 rings (SSSR count). The highest BCUT2D eigenvalue weighted by atomic mass is 16.2. The summed E-state index contributed by atoms with van der Waals surface area (Å²) in [6.45, 7) is 5.58. The van der Waals surface area contributed by atoms with Crippen LogP contribution in [-0.2, 0) is 9.59 Å². The van der Waals surface area contributed by atoms with E-state index in [9.17, 15) is 14.4 Å². The van der Waals surface area contributed by atoms with E-state index in [2.05, 4.69) is 0 Å². The molecule has 1 heterocycles. The zero-order chi connectivity index (χ0) is 13.4. The third kappa shape index (κ3) is 1.83. The van der Waals surface area contributed by atoms with E-state index in [1.54, 1.807) is 6.07 Å². The van der Waals surface area contributed by atoms with Crippen LogP contribution in [0, 0.1) is 13.8 Å². The number of fused-ring (bicyclic) bond motifs is 1. The van der Waals surface area contributed by atoms with Gasteiger partial charge >= 0.3 is 0 Å². The highest BCUT2D eigenvalue weighted by molar-refractivity contribution is 6.52. The van der Waals surface area contributed by atoms with Gasteiger partial charge in [0.2, 0.25) is 0 Å². The van der Waals surface area contributed by atoms with Crippen molar-refractivity contribution in [2.75, 3.05) is 11.4 Å². The van der Waals surface area contributed by atoms with Crippen LogP contribution in [0.2, 0.25) is 0 Å². The lowest BCUT2D eigenvalue weighted by atomic mass is 10.0. The van der Waals surface area contributed by atoms with Gasteiger partial charge in [-0.1, -0.05) is 6.07 Å². The molecule has 4 nitrogen and oxygen atoms in total. The van der Waals surface area contributed by atoms with Crippen molar-refractivity contribution in [3.05, 3.63) is 28.8 Å². The van der Waals surface area contributed by atoms with Crippen LogP contribution in [0.4, 0.5) is 5.69 Å². The van der Waals surface area contributed by atoms with Crippen LogP contribution >= 0.6 is 0 Å². The maximum atomic E-state index is 11.9. The molecule has 0 aromatic heterocycles. The van der Waals surface area contributed by atoms with Gasteiger partial charge < -0.3 is 4.90 Å². The molecular formula is C14H15NO3. The van der Waals surface area contributed by atoms with Gasteiger partial charge in [0.15, 0.2) is 0 Å². The van der Waals surface area contributed by atoms with Crippen molar-refractivity contribution in [2.24, 2.45) is 0 Å². The summed E-state index contributed by atoms with van der Waals surface area (Å²) in [4.78, 5) is 36.2. The van der Waals surface area contributed by atoms with Crippen molar-refractivity contribution in [3.63, 3.8) is 0 Å².